The van der Waals surface area contributed by atoms with Gasteiger partial charge in [0.05, 0.1) is 6.10 Å². The first-order chi connectivity index (χ1) is 9.40. The maximum Gasteiger partial charge on any atom is 0.0570 e. The van der Waals surface area contributed by atoms with Crippen molar-refractivity contribution in [2.45, 2.75) is 66.4 Å². The maximum absolute atomic E-state index is 5.92. The topological polar surface area (TPSA) is 9.23 Å². The summed E-state index contributed by atoms with van der Waals surface area (Å²) in [6, 6.07) is 8.95. The molecule has 1 heteroatoms. The molecule has 0 aliphatic rings. The van der Waals surface area contributed by atoms with Crippen LogP contribution in [0.25, 0.3) is 0 Å². The fraction of sp³-hybridized carbons (Fsp3) is 0.684. The summed E-state index contributed by atoms with van der Waals surface area (Å²) in [7, 11) is 0. The molecule has 3 atom stereocenters. The molecule has 0 radical (unpaired) electrons. The van der Waals surface area contributed by atoms with Crippen molar-refractivity contribution in [1.29, 1.82) is 0 Å². The second kappa shape index (κ2) is 8.46. The summed E-state index contributed by atoms with van der Waals surface area (Å²) in [4.78, 5) is 0. The molecule has 0 N–H and O–H groups in total. The van der Waals surface area contributed by atoms with Gasteiger partial charge in [0.15, 0.2) is 0 Å². The van der Waals surface area contributed by atoms with E-state index in [1.54, 1.807) is 0 Å². The smallest absolute Gasteiger partial charge is 0.0570 e. The third-order valence-corrected chi connectivity index (χ3v) is 4.32. The average molecular weight is 276 g/mol. The fourth-order valence-corrected chi connectivity index (χ4v) is 2.19. The Bertz CT molecular complexity index is 366. The molecule has 1 nitrogen and oxygen atoms in total. The molecule has 0 heterocycles. The summed E-state index contributed by atoms with van der Waals surface area (Å²) in [6.45, 7) is 14.3. The second-order valence-corrected chi connectivity index (χ2v) is 6.78. The average Bonchev–Trinajstić information content (AvgIpc) is 2.42. The van der Waals surface area contributed by atoms with Crippen molar-refractivity contribution < 1.29 is 4.74 Å². The van der Waals surface area contributed by atoms with Gasteiger partial charge in [-0.15, -0.1) is 0 Å². The molecule has 0 aliphatic heterocycles. The highest BCUT2D eigenvalue weighted by Gasteiger charge is 2.12. The van der Waals surface area contributed by atoms with Gasteiger partial charge in [-0.2, -0.15) is 0 Å². The number of hydrogen-bond donors (Lipinski definition) is 0. The van der Waals surface area contributed by atoms with Gasteiger partial charge in [0.25, 0.3) is 0 Å². The second-order valence-electron chi connectivity index (χ2n) is 6.78. The monoisotopic (exact) mass is 276 g/mol. The number of aryl methyl sites for hydroxylation is 1. The molecule has 1 aromatic rings. The van der Waals surface area contributed by atoms with E-state index in [0.29, 0.717) is 23.9 Å². The van der Waals surface area contributed by atoms with Gasteiger partial charge in [0.2, 0.25) is 0 Å². The van der Waals surface area contributed by atoms with Crippen molar-refractivity contribution in [3.05, 3.63) is 35.4 Å². The molecule has 20 heavy (non-hydrogen) atoms. The molecule has 1 aromatic carbocycles. The lowest BCUT2D eigenvalue weighted by atomic mass is 9.92. The number of benzene rings is 1. The Hall–Kier alpha value is -0.820. The highest BCUT2D eigenvalue weighted by Crippen LogP contribution is 2.23. The molecular weight excluding hydrogens is 244 g/mol. The first-order valence-electron chi connectivity index (χ1n) is 8.08. The maximum atomic E-state index is 5.92. The van der Waals surface area contributed by atoms with E-state index in [9.17, 15) is 0 Å². The lowest BCUT2D eigenvalue weighted by Crippen LogP contribution is -2.19. The first kappa shape index (κ1) is 17.2. The van der Waals surface area contributed by atoms with Crippen LogP contribution in [0.5, 0.6) is 0 Å². The van der Waals surface area contributed by atoms with E-state index >= 15 is 0 Å². The SMILES string of the molecule is Cc1ccc(C(C)CCC(C)COC(C)C(C)C)cc1. The van der Waals surface area contributed by atoms with Crippen LogP contribution in [0.1, 0.15) is 64.5 Å². The van der Waals surface area contributed by atoms with Crippen LogP contribution < -0.4 is 0 Å². The minimum Gasteiger partial charge on any atom is -0.378 e. The van der Waals surface area contributed by atoms with Gasteiger partial charge in [-0.25, -0.2) is 0 Å². The summed E-state index contributed by atoms with van der Waals surface area (Å²) in [5, 5.41) is 0. The Labute approximate surface area is 125 Å². The number of rotatable bonds is 8. The van der Waals surface area contributed by atoms with Crippen molar-refractivity contribution in [3.8, 4) is 0 Å². The number of hydrogen-bond acceptors (Lipinski definition) is 1. The molecule has 0 saturated carbocycles. The van der Waals surface area contributed by atoms with E-state index in [4.69, 9.17) is 4.74 Å². The van der Waals surface area contributed by atoms with E-state index in [1.165, 1.54) is 24.0 Å². The van der Waals surface area contributed by atoms with Crippen LogP contribution in [0.15, 0.2) is 24.3 Å². The van der Waals surface area contributed by atoms with E-state index in [2.05, 4.69) is 65.8 Å². The Morgan fingerprint density at radius 2 is 1.50 bits per heavy atom. The van der Waals surface area contributed by atoms with Crippen LogP contribution >= 0.6 is 0 Å². The third kappa shape index (κ3) is 6.09. The third-order valence-electron chi connectivity index (χ3n) is 4.32. The van der Waals surface area contributed by atoms with Gasteiger partial charge >= 0.3 is 0 Å². The Morgan fingerprint density at radius 3 is 2.05 bits per heavy atom. The fourth-order valence-electron chi connectivity index (χ4n) is 2.19. The zero-order valence-electron chi connectivity index (χ0n) is 14.1. The largest absolute Gasteiger partial charge is 0.378 e. The van der Waals surface area contributed by atoms with Crippen molar-refractivity contribution in [3.63, 3.8) is 0 Å². The van der Waals surface area contributed by atoms with Gasteiger partial charge in [0, 0.05) is 6.61 Å². The molecule has 0 amide bonds. The summed E-state index contributed by atoms with van der Waals surface area (Å²) < 4.78 is 5.92. The summed E-state index contributed by atoms with van der Waals surface area (Å²) in [5.41, 5.74) is 2.80. The van der Waals surface area contributed by atoms with Crippen LogP contribution in [-0.2, 0) is 4.74 Å². The van der Waals surface area contributed by atoms with Crippen molar-refractivity contribution >= 4 is 0 Å². The summed E-state index contributed by atoms with van der Waals surface area (Å²) in [6.07, 6.45) is 2.84. The van der Waals surface area contributed by atoms with E-state index in [-0.39, 0.29) is 0 Å². The zero-order valence-corrected chi connectivity index (χ0v) is 14.1. The van der Waals surface area contributed by atoms with Crippen molar-refractivity contribution in [2.24, 2.45) is 11.8 Å². The highest BCUT2D eigenvalue weighted by molar-refractivity contribution is 5.23. The van der Waals surface area contributed by atoms with Crippen LogP contribution in [-0.4, -0.2) is 12.7 Å². The lowest BCUT2D eigenvalue weighted by Gasteiger charge is -2.21. The summed E-state index contributed by atoms with van der Waals surface area (Å²) in [5.74, 6) is 1.89. The number of ether oxygens (including phenoxy) is 1. The molecule has 3 unspecified atom stereocenters. The molecule has 0 fully saturated rings. The first-order valence-corrected chi connectivity index (χ1v) is 8.08. The van der Waals surface area contributed by atoms with Crippen LogP contribution in [0, 0.1) is 18.8 Å². The van der Waals surface area contributed by atoms with E-state index in [0.717, 1.165) is 6.61 Å². The van der Waals surface area contributed by atoms with Crippen LogP contribution in [0.3, 0.4) is 0 Å². The molecule has 0 bridgehead atoms. The molecular formula is C19H32O. The molecule has 0 spiro atoms. The highest BCUT2D eigenvalue weighted by atomic mass is 16.5. The van der Waals surface area contributed by atoms with Crippen LogP contribution in [0.4, 0.5) is 0 Å². The molecule has 114 valence electrons. The summed E-state index contributed by atoms with van der Waals surface area (Å²) >= 11 is 0. The molecule has 1 rings (SSSR count). The Morgan fingerprint density at radius 1 is 0.900 bits per heavy atom. The zero-order chi connectivity index (χ0) is 15.1. The minimum atomic E-state index is 0.368. The molecule has 0 saturated heterocycles. The lowest BCUT2D eigenvalue weighted by molar-refractivity contribution is 0.0149. The minimum absolute atomic E-state index is 0.368. The molecule has 0 aromatic heterocycles. The Balaban J connectivity index is 2.29. The van der Waals surface area contributed by atoms with Gasteiger partial charge < -0.3 is 4.74 Å². The predicted molar refractivity (Wildman–Crippen MR) is 88.2 cm³/mol. The van der Waals surface area contributed by atoms with Crippen molar-refractivity contribution in [1.82, 2.24) is 0 Å². The normalized spacial score (nSPS) is 16.1. The quantitative estimate of drug-likeness (QED) is 0.602. The van der Waals surface area contributed by atoms with Gasteiger partial charge in [-0.3, -0.25) is 0 Å². The Kier molecular flexibility index (Phi) is 7.29. The van der Waals surface area contributed by atoms with Crippen molar-refractivity contribution in [2.75, 3.05) is 6.61 Å². The van der Waals surface area contributed by atoms with Gasteiger partial charge in [-0.05, 0) is 50.0 Å². The van der Waals surface area contributed by atoms with Gasteiger partial charge in [-0.1, -0.05) is 57.5 Å². The van der Waals surface area contributed by atoms with E-state index < -0.39 is 0 Å². The molecule has 0 aliphatic carbocycles. The van der Waals surface area contributed by atoms with Gasteiger partial charge in [0.1, 0.15) is 0 Å². The standard InChI is InChI=1S/C19H32O/c1-14(2)18(6)20-13-16(4)7-10-17(5)19-11-8-15(3)9-12-19/h8-9,11-12,14,16-18H,7,10,13H2,1-6H3. The van der Waals surface area contributed by atoms with E-state index in [1.807, 2.05) is 0 Å². The predicted octanol–water partition coefficient (Wildman–Crippen LogP) is 5.58. The van der Waals surface area contributed by atoms with Crippen LogP contribution in [0.2, 0.25) is 0 Å².